The lowest BCUT2D eigenvalue weighted by Gasteiger charge is -2.45. The molecule has 2 fully saturated rings. The zero-order valence-electron chi connectivity index (χ0n) is 13.8. The number of ether oxygens (including phenoxy) is 4. The van der Waals surface area contributed by atoms with Gasteiger partial charge in [-0.3, -0.25) is 0 Å². The number of hydrogen-bond donors (Lipinski definition) is 7. The highest BCUT2D eigenvalue weighted by atomic mass is 16.8. The molecule has 0 amide bonds. The molecule has 2 rings (SSSR count). The van der Waals surface area contributed by atoms with Crippen LogP contribution in [0.25, 0.3) is 0 Å². The van der Waals surface area contributed by atoms with Crippen molar-refractivity contribution in [1.29, 1.82) is 0 Å². The van der Waals surface area contributed by atoms with E-state index in [0.29, 0.717) is 0 Å². The van der Waals surface area contributed by atoms with Crippen LogP contribution in [0.5, 0.6) is 0 Å². The molecule has 2 aliphatic heterocycles. The van der Waals surface area contributed by atoms with E-state index in [9.17, 15) is 30.6 Å². The molecule has 0 aromatic heterocycles. The number of nitrogens with two attached hydrogens (primary N) is 1. The van der Waals surface area contributed by atoms with Crippen LogP contribution < -0.4 is 5.73 Å². The summed E-state index contributed by atoms with van der Waals surface area (Å²) in [5.41, 5.74) is 5.37. The summed E-state index contributed by atoms with van der Waals surface area (Å²) in [6.45, 7) is 1.12. The van der Waals surface area contributed by atoms with Crippen molar-refractivity contribution in [2.45, 2.75) is 68.3 Å². The van der Waals surface area contributed by atoms with Crippen molar-refractivity contribution < 1.29 is 49.6 Å². The Morgan fingerprint density at radius 2 is 1.56 bits per heavy atom. The highest BCUT2D eigenvalue weighted by Gasteiger charge is 2.50. The highest BCUT2D eigenvalue weighted by Crippen LogP contribution is 2.29. The van der Waals surface area contributed by atoms with Gasteiger partial charge < -0.3 is 55.3 Å². The van der Waals surface area contributed by atoms with Gasteiger partial charge in [-0.25, -0.2) is 0 Å². The Hall–Kier alpha value is -0.440. The third kappa shape index (κ3) is 4.46. The Balaban J connectivity index is 2.12. The first-order valence-electron chi connectivity index (χ1n) is 8.11. The summed E-state index contributed by atoms with van der Waals surface area (Å²) < 4.78 is 21.5. The SMILES string of the molecule is C[C@@H]1O[C@@H](O[C@H]2[C@H](OCCN)O[C@H](CO)[C@H](O)[C@@H]2O)[C@@H](O)[C@H](O)[C@@H]1O. The van der Waals surface area contributed by atoms with E-state index in [1.54, 1.807) is 0 Å². The third-order valence-electron chi connectivity index (χ3n) is 4.32. The molecule has 0 bridgehead atoms. The Morgan fingerprint density at radius 3 is 2.16 bits per heavy atom. The van der Waals surface area contributed by atoms with Crippen LogP contribution in [0.3, 0.4) is 0 Å². The molecule has 11 nitrogen and oxygen atoms in total. The average molecular weight is 369 g/mol. The standard InChI is InChI=1S/C14H27NO10/c1-5-7(17)9(19)11(21)13(23-5)25-12-10(20)8(18)6(4-16)24-14(12)22-3-2-15/h5-14,16-21H,2-4,15H2,1H3/t5-,6+,7+,8-,9+,10-,11-,12+,13-,14+/m0/s1. The van der Waals surface area contributed by atoms with Gasteiger partial charge in [0.25, 0.3) is 0 Å². The summed E-state index contributed by atoms with van der Waals surface area (Å²) in [4.78, 5) is 0. The number of aliphatic hydroxyl groups is 6. The largest absolute Gasteiger partial charge is 0.394 e. The smallest absolute Gasteiger partial charge is 0.187 e. The van der Waals surface area contributed by atoms with E-state index in [4.69, 9.17) is 24.7 Å². The first-order chi connectivity index (χ1) is 11.8. The lowest BCUT2D eigenvalue weighted by atomic mass is 9.97. The van der Waals surface area contributed by atoms with E-state index < -0.39 is 68.0 Å². The summed E-state index contributed by atoms with van der Waals surface area (Å²) in [6.07, 6.45) is -13.3. The quantitative estimate of drug-likeness (QED) is 0.240. The summed E-state index contributed by atoms with van der Waals surface area (Å²) in [6, 6.07) is 0. The predicted octanol–water partition coefficient (Wildman–Crippen LogP) is -4.39. The van der Waals surface area contributed by atoms with E-state index in [1.165, 1.54) is 6.92 Å². The fraction of sp³-hybridized carbons (Fsp3) is 1.00. The average Bonchev–Trinajstić information content (AvgIpc) is 2.60. The molecular weight excluding hydrogens is 342 g/mol. The van der Waals surface area contributed by atoms with Crippen LogP contribution in [0, 0.1) is 0 Å². The van der Waals surface area contributed by atoms with E-state index in [-0.39, 0.29) is 13.2 Å². The summed E-state index contributed by atoms with van der Waals surface area (Å²) in [7, 11) is 0. The lowest BCUT2D eigenvalue weighted by Crippen LogP contribution is -2.64. The highest BCUT2D eigenvalue weighted by molar-refractivity contribution is 4.93. The topological polar surface area (TPSA) is 184 Å². The van der Waals surface area contributed by atoms with Gasteiger partial charge in [0.1, 0.15) is 42.7 Å². The van der Waals surface area contributed by atoms with Gasteiger partial charge in [-0.2, -0.15) is 0 Å². The lowest BCUT2D eigenvalue weighted by molar-refractivity contribution is -0.364. The Morgan fingerprint density at radius 1 is 0.880 bits per heavy atom. The number of aliphatic hydroxyl groups excluding tert-OH is 6. The van der Waals surface area contributed by atoms with Crippen LogP contribution in [0.2, 0.25) is 0 Å². The molecule has 0 saturated carbocycles. The van der Waals surface area contributed by atoms with Crippen LogP contribution in [0.1, 0.15) is 6.92 Å². The van der Waals surface area contributed by atoms with E-state index in [2.05, 4.69) is 0 Å². The van der Waals surface area contributed by atoms with Crippen molar-refractivity contribution >= 4 is 0 Å². The maximum Gasteiger partial charge on any atom is 0.187 e. The number of hydrogen-bond acceptors (Lipinski definition) is 11. The summed E-state index contributed by atoms with van der Waals surface area (Å²) in [5.74, 6) is 0. The van der Waals surface area contributed by atoms with Gasteiger partial charge in [0.05, 0.1) is 19.3 Å². The predicted molar refractivity (Wildman–Crippen MR) is 80.0 cm³/mol. The van der Waals surface area contributed by atoms with Crippen LogP contribution >= 0.6 is 0 Å². The zero-order valence-corrected chi connectivity index (χ0v) is 13.8. The Kier molecular flexibility index (Phi) is 7.49. The minimum Gasteiger partial charge on any atom is -0.394 e. The Labute approximate surface area is 144 Å². The first kappa shape index (κ1) is 20.9. The fourth-order valence-corrected chi connectivity index (χ4v) is 2.80. The van der Waals surface area contributed by atoms with Gasteiger partial charge in [0.15, 0.2) is 12.6 Å². The van der Waals surface area contributed by atoms with E-state index >= 15 is 0 Å². The molecule has 25 heavy (non-hydrogen) atoms. The fourth-order valence-electron chi connectivity index (χ4n) is 2.80. The summed E-state index contributed by atoms with van der Waals surface area (Å²) >= 11 is 0. The molecular formula is C14H27NO10. The maximum atomic E-state index is 10.3. The monoisotopic (exact) mass is 369 g/mol. The second kappa shape index (κ2) is 8.97. The van der Waals surface area contributed by atoms with Crippen molar-refractivity contribution in [3.8, 4) is 0 Å². The number of rotatable bonds is 6. The van der Waals surface area contributed by atoms with Gasteiger partial charge in [-0.05, 0) is 6.92 Å². The van der Waals surface area contributed by atoms with Gasteiger partial charge in [0.2, 0.25) is 0 Å². The Bertz CT molecular complexity index is 415. The first-order valence-corrected chi connectivity index (χ1v) is 8.11. The summed E-state index contributed by atoms with van der Waals surface area (Å²) in [5, 5.41) is 59.1. The van der Waals surface area contributed by atoms with Crippen molar-refractivity contribution in [2.24, 2.45) is 5.73 Å². The van der Waals surface area contributed by atoms with Gasteiger partial charge in [-0.15, -0.1) is 0 Å². The molecule has 10 atom stereocenters. The van der Waals surface area contributed by atoms with Crippen LogP contribution in [0.15, 0.2) is 0 Å². The third-order valence-corrected chi connectivity index (χ3v) is 4.32. The molecule has 2 heterocycles. The van der Waals surface area contributed by atoms with Crippen LogP contribution in [0.4, 0.5) is 0 Å². The molecule has 0 spiro atoms. The molecule has 148 valence electrons. The van der Waals surface area contributed by atoms with Crippen molar-refractivity contribution in [2.75, 3.05) is 19.8 Å². The molecule has 8 N–H and O–H groups in total. The molecule has 11 heteroatoms. The van der Waals surface area contributed by atoms with Gasteiger partial charge in [0, 0.05) is 6.54 Å². The second-order valence-corrected chi connectivity index (χ2v) is 6.15. The molecule has 0 radical (unpaired) electrons. The molecule has 0 unspecified atom stereocenters. The van der Waals surface area contributed by atoms with E-state index in [1.807, 2.05) is 0 Å². The van der Waals surface area contributed by atoms with Gasteiger partial charge in [-0.1, -0.05) is 0 Å². The molecule has 0 aromatic carbocycles. The normalized spacial score (nSPS) is 48.5. The van der Waals surface area contributed by atoms with Crippen molar-refractivity contribution in [3.05, 3.63) is 0 Å². The van der Waals surface area contributed by atoms with Gasteiger partial charge >= 0.3 is 0 Å². The molecule has 0 aliphatic carbocycles. The van der Waals surface area contributed by atoms with Crippen molar-refractivity contribution in [1.82, 2.24) is 0 Å². The van der Waals surface area contributed by atoms with Crippen LogP contribution in [-0.4, -0.2) is 112 Å². The second-order valence-electron chi connectivity index (χ2n) is 6.15. The molecule has 2 aliphatic rings. The minimum absolute atomic E-state index is 0.0529. The minimum atomic E-state index is -1.60. The van der Waals surface area contributed by atoms with E-state index in [0.717, 1.165) is 0 Å². The molecule has 0 aromatic rings. The van der Waals surface area contributed by atoms with Crippen molar-refractivity contribution in [3.63, 3.8) is 0 Å². The molecule has 2 saturated heterocycles. The van der Waals surface area contributed by atoms with Crippen LogP contribution in [-0.2, 0) is 18.9 Å². The zero-order chi connectivity index (χ0) is 18.7. The maximum absolute atomic E-state index is 10.3.